The van der Waals surface area contributed by atoms with E-state index in [1.54, 1.807) is 0 Å². The molecule has 2 atom stereocenters. The summed E-state index contributed by atoms with van der Waals surface area (Å²) >= 11 is 0. The maximum atomic E-state index is 12.9. The van der Waals surface area contributed by atoms with Crippen molar-refractivity contribution in [1.29, 1.82) is 0 Å². The highest BCUT2D eigenvalue weighted by Crippen LogP contribution is 2.19. The number of primary amides is 1. The molecular weight excluding hydrogens is 275 g/mol. The second-order valence-corrected chi connectivity index (χ2v) is 5.22. The van der Waals surface area contributed by atoms with Gasteiger partial charge in [-0.25, -0.2) is 4.39 Å². The van der Waals surface area contributed by atoms with Gasteiger partial charge < -0.3 is 15.8 Å². The van der Waals surface area contributed by atoms with E-state index >= 15 is 0 Å². The first-order valence-electron chi connectivity index (χ1n) is 6.98. The van der Waals surface area contributed by atoms with E-state index in [0.717, 1.165) is 19.4 Å². The molecule has 0 saturated carbocycles. The van der Waals surface area contributed by atoms with E-state index in [9.17, 15) is 14.0 Å². The van der Waals surface area contributed by atoms with Crippen LogP contribution in [0.25, 0.3) is 0 Å². The molecule has 2 amide bonds. The lowest BCUT2D eigenvalue weighted by molar-refractivity contribution is -0.127. The molecule has 0 radical (unpaired) electrons. The second-order valence-electron chi connectivity index (χ2n) is 5.22. The quantitative estimate of drug-likeness (QED) is 0.829. The van der Waals surface area contributed by atoms with Crippen LogP contribution >= 0.6 is 0 Å². The summed E-state index contributed by atoms with van der Waals surface area (Å²) in [7, 11) is 0. The Hall–Kier alpha value is -1.95. The van der Waals surface area contributed by atoms with Crippen LogP contribution in [0.2, 0.25) is 0 Å². The minimum absolute atomic E-state index is 0.241. The average molecular weight is 294 g/mol. The summed E-state index contributed by atoms with van der Waals surface area (Å²) in [5.41, 5.74) is 5.78. The van der Waals surface area contributed by atoms with Gasteiger partial charge in [0.25, 0.3) is 0 Å². The first-order chi connectivity index (χ1) is 10.1. The third kappa shape index (κ3) is 4.53. The summed E-state index contributed by atoms with van der Waals surface area (Å²) in [4.78, 5) is 23.4. The maximum absolute atomic E-state index is 12.9. The zero-order chi connectivity index (χ0) is 15.2. The third-order valence-corrected chi connectivity index (χ3v) is 3.60. The van der Waals surface area contributed by atoms with Gasteiger partial charge in [-0.15, -0.1) is 0 Å². The normalized spacial score (nSPS) is 19.2. The minimum atomic E-state index is -0.932. The fourth-order valence-electron chi connectivity index (χ4n) is 2.35. The highest BCUT2D eigenvalue weighted by molar-refractivity contribution is 5.87. The van der Waals surface area contributed by atoms with Gasteiger partial charge in [0, 0.05) is 19.6 Å². The molecule has 1 aromatic rings. The van der Waals surface area contributed by atoms with E-state index in [4.69, 9.17) is 10.5 Å². The van der Waals surface area contributed by atoms with E-state index in [1.165, 1.54) is 24.3 Å². The first-order valence-corrected chi connectivity index (χ1v) is 6.98. The third-order valence-electron chi connectivity index (χ3n) is 3.60. The van der Waals surface area contributed by atoms with Gasteiger partial charge in [-0.1, -0.05) is 12.1 Å². The smallest absolute Gasteiger partial charge is 0.244 e. The minimum Gasteiger partial charge on any atom is -0.381 e. The first kappa shape index (κ1) is 15.4. The predicted octanol–water partition coefficient (Wildman–Crippen LogP) is 1.28. The van der Waals surface area contributed by atoms with Crippen LogP contribution in [0.3, 0.4) is 0 Å². The molecule has 0 aromatic heterocycles. The Bertz CT molecular complexity index is 498. The number of halogens is 1. The Kier molecular flexibility index (Phi) is 5.27. The van der Waals surface area contributed by atoms with Crippen LogP contribution in [0.5, 0.6) is 0 Å². The van der Waals surface area contributed by atoms with Crippen molar-refractivity contribution >= 4 is 11.8 Å². The maximum Gasteiger partial charge on any atom is 0.244 e. The number of nitrogens with one attached hydrogen (secondary N) is 1. The summed E-state index contributed by atoms with van der Waals surface area (Å²) in [6, 6.07) is 4.41. The van der Waals surface area contributed by atoms with E-state index in [2.05, 4.69) is 5.32 Å². The Morgan fingerprint density at radius 2 is 2.10 bits per heavy atom. The molecule has 1 saturated heterocycles. The van der Waals surface area contributed by atoms with Gasteiger partial charge >= 0.3 is 0 Å². The Labute approximate surface area is 122 Å². The summed E-state index contributed by atoms with van der Waals surface area (Å²) < 4.78 is 18.1. The zero-order valence-electron chi connectivity index (χ0n) is 11.7. The SMILES string of the molecule is NC(=O)C(NC(=O)CCC1CCOC1)c1ccc(F)cc1. The van der Waals surface area contributed by atoms with Crippen molar-refractivity contribution in [2.45, 2.75) is 25.3 Å². The summed E-state index contributed by atoms with van der Waals surface area (Å²) in [5, 5.41) is 2.60. The lowest BCUT2D eigenvalue weighted by Crippen LogP contribution is -2.37. The van der Waals surface area contributed by atoms with Crippen LogP contribution in [0.4, 0.5) is 4.39 Å². The van der Waals surface area contributed by atoms with Crippen molar-refractivity contribution in [3.05, 3.63) is 35.6 Å². The van der Waals surface area contributed by atoms with Crippen molar-refractivity contribution in [3.8, 4) is 0 Å². The van der Waals surface area contributed by atoms with Gasteiger partial charge in [0.1, 0.15) is 11.9 Å². The number of carbonyl (C=O) groups is 2. The monoisotopic (exact) mass is 294 g/mol. The van der Waals surface area contributed by atoms with Gasteiger partial charge in [0.05, 0.1) is 0 Å². The lowest BCUT2D eigenvalue weighted by Gasteiger charge is -2.16. The number of carbonyl (C=O) groups excluding carboxylic acids is 2. The van der Waals surface area contributed by atoms with Crippen LogP contribution in [-0.4, -0.2) is 25.0 Å². The molecule has 0 spiro atoms. The van der Waals surface area contributed by atoms with Gasteiger partial charge in [-0.2, -0.15) is 0 Å². The average Bonchev–Trinajstić information content (AvgIpc) is 2.97. The van der Waals surface area contributed by atoms with Gasteiger partial charge in [0.15, 0.2) is 0 Å². The molecule has 114 valence electrons. The van der Waals surface area contributed by atoms with E-state index in [-0.39, 0.29) is 5.91 Å². The number of ether oxygens (including phenoxy) is 1. The predicted molar refractivity (Wildman–Crippen MR) is 74.6 cm³/mol. The molecule has 1 heterocycles. The second kappa shape index (κ2) is 7.17. The lowest BCUT2D eigenvalue weighted by atomic mass is 10.0. The van der Waals surface area contributed by atoms with Gasteiger partial charge in [-0.05, 0) is 36.5 Å². The molecule has 2 unspecified atom stereocenters. The van der Waals surface area contributed by atoms with Crippen LogP contribution in [0.1, 0.15) is 30.9 Å². The number of nitrogens with two attached hydrogens (primary N) is 1. The van der Waals surface area contributed by atoms with Crippen LogP contribution in [0.15, 0.2) is 24.3 Å². The molecule has 3 N–H and O–H groups in total. The van der Waals surface area contributed by atoms with Crippen molar-refractivity contribution in [2.24, 2.45) is 11.7 Å². The van der Waals surface area contributed by atoms with Crippen molar-refractivity contribution in [1.82, 2.24) is 5.32 Å². The summed E-state index contributed by atoms with van der Waals surface area (Å²) in [5.74, 6) is -0.919. The Balaban J connectivity index is 1.91. The summed E-state index contributed by atoms with van der Waals surface area (Å²) in [6.07, 6.45) is 2.00. The van der Waals surface area contributed by atoms with Gasteiger partial charge in [-0.3, -0.25) is 9.59 Å². The number of benzene rings is 1. The highest BCUT2D eigenvalue weighted by Gasteiger charge is 2.22. The van der Waals surface area contributed by atoms with Crippen molar-refractivity contribution < 1.29 is 18.7 Å². The van der Waals surface area contributed by atoms with Crippen molar-refractivity contribution in [2.75, 3.05) is 13.2 Å². The largest absolute Gasteiger partial charge is 0.381 e. The van der Waals surface area contributed by atoms with E-state index < -0.39 is 17.8 Å². The number of hydrogen-bond acceptors (Lipinski definition) is 3. The van der Waals surface area contributed by atoms with Gasteiger partial charge in [0.2, 0.25) is 11.8 Å². The molecule has 1 aromatic carbocycles. The topological polar surface area (TPSA) is 81.4 Å². The van der Waals surface area contributed by atoms with Crippen LogP contribution in [-0.2, 0) is 14.3 Å². The fourth-order valence-corrected chi connectivity index (χ4v) is 2.35. The summed E-state index contributed by atoms with van der Waals surface area (Å²) in [6.45, 7) is 1.43. The molecular formula is C15H19FN2O3. The molecule has 1 fully saturated rings. The van der Waals surface area contributed by atoms with E-state index in [1.807, 2.05) is 0 Å². The zero-order valence-corrected chi connectivity index (χ0v) is 11.7. The highest BCUT2D eigenvalue weighted by atomic mass is 19.1. The Morgan fingerprint density at radius 1 is 1.38 bits per heavy atom. The molecule has 5 nitrogen and oxygen atoms in total. The molecule has 0 aliphatic carbocycles. The standard InChI is InChI=1S/C15H19FN2O3/c16-12-4-2-11(3-5-12)14(15(17)20)18-13(19)6-1-10-7-8-21-9-10/h2-5,10,14H,1,6-9H2,(H2,17,20)(H,18,19). The Morgan fingerprint density at radius 3 is 2.67 bits per heavy atom. The molecule has 6 heteroatoms. The number of rotatable bonds is 6. The molecule has 1 aliphatic rings. The number of amides is 2. The molecule has 2 rings (SSSR count). The molecule has 21 heavy (non-hydrogen) atoms. The molecule has 1 aliphatic heterocycles. The van der Waals surface area contributed by atoms with Crippen LogP contribution in [0, 0.1) is 11.7 Å². The van der Waals surface area contributed by atoms with Crippen LogP contribution < -0.4 is 11.1 Å². The van der Waals surface area contributed by atoms with Crippen molar-refractivity contribution in [3.63, 3.8) is 0 Å². The molecule has 0 bridgehead atoms. The van der Waals surface area contributed by atoms with E-state index in [0.29, 0.717) is 24.5 Å². The number of hydrogen-bond donors (Lipinski definition) is 2. The fraction of sp³-hybridized carbons (Fsp3) is 0.467.